The Morgan fingerprint density at radius 1 is 1.44 bits per heavy atom. The van der Waals surface area contributed by atoms with E-state index in [0.717, 1.165) is 5.70 Å². The molecule has 0 bridgehead atoms. The van der Waals surface area contributed by atoms with E-state index in [0.29, 0.717) is 0 Å². The van der Waals surface area contributed by atoms with Crippen molar-refractivity contribution in [2.24, 2.45) is 0 Å². The van der Waals surface area contributed by atoms with Gasteiger partial charge in [-0.25, -0.2) is 0 Å². The van der Waals surface area contributed by atoms with Crippen LogP contribution in [0.15, 0.2) is 22.8 Å². The van der Waals surface area contributed by atoms with E-state index >= 15 is 0 Å². The third-order valence-electron chi connectivity index (χ3n) is 0.869. The zero-order valence-electron chi connectivity index (χ0n) is 5.49. The Labute approximate surface area is 65.6 Å². The molecule has 52 valence electrons. The van der Waals surface area contributed by atoms with Gasteiger partial charge in [0.25, 0.3) is 0 Å². The summed E-state index contributed by atoms with van der Waals surface area (Å²) in [5.41, 5.74) is 0.735. The molecule has 0 atom stereocenters. The van der Waals surface area contributed by atoms with E-state index in [1.54, 1.807) is 11.0 Å². The lowest BCUT2D eigenvalue weighted by atomic mass is 10.4. The number of nitrogens with zero attached hydrogens (tertiary/aromatic N) is 1. The lowest BCUT2D eigenvalue weighted by molar-refractivity contribution is 0.530. The topological polar surface area (TPSA) is 3.24 Å². The van der Waals surface area contributed by atoms with Crippen molar-refractivity contribution in [2.75, 3.05) is 14.1 Å². The standard InChI is InChI=1S/C6H9Cl2N/c1-4-5(6(7)8)9(2)3/h4H,1H2,2-3H3. The van der Waals surface area contributed by atoms with Crippen molar-refractivity contribution in [3.05, 3.63) is 22.8 Å². The molecule has 3 heteroatoms. The van der Waals surface area contributed by atoms with Crippen LogP contribution in [0.3, 0.4) is 0 Å². The van der Waals surface area contributed by atoms with Crippen molar-refractivity contribution in [2.45, 2.75) is 0 Å². The van der Waals surface area contributed by atoms with Gasteiger partial charge in [-0.2, -0.15) is 0 Å². The molecule has 1 nitrogen and oxygen atoms in total. The van der Waals surface area contributed by atoms with Gasteiger partial charge in [-0.1, -0.05) is 29.8 Å². The van der Waals surface area contributed by atoms with Crippen molar-refractivity contribution in [1.82, 2.24) is 4.90 Å². The van der Waals surface area contributed by atoms with Gasteiger partial charge in [0.15, 0.2) is 0 Å². The van der Waals surface area contributed by atoms with E-state index in [-0.39, 0.29) is 4.49 Å². The van der Waals surface area contributed by atoms with Gasteiger partial charge in [-0.3, -0.25) is 0 Å². The van der Waals surface area contributed by atoms with Crippen LogP contribution in [0.1, 0.15) is 0 Å². The van der Waals surface area contributed by atoms with Gasteiger partial charge in [0.2, 0.25) is 0 Å². The van der Waals surface area contributed by atoms with Gasteiger partial charge in [-0.15, -0.1) is 0 Å². The van der Waals surface area contributed by atoms with E-state index in [2.05, 4.69) is 6.58 Å². The Morgan fingerprint density at radius 3 is 1.89 bits per heavy atom. The third kappa shape index (κ3) is 2.78. The first kappa shape index (κ1) is 8.86. The minimum atomic E-state index is 0.245. The molecule has 9 heavy (non-hydrogen) atoms. The highest BCUT2D eigenvalue weighted by molar-refractivity contribution is 6.56. The first-order valence-corrected chi connectivity index (χ1v) is 3.20. The van der Waals surface area contributed by atoms with Crippen molar-refractivity contribution >= 4 is 23.2 Å². The first-order chi connectivity index (χ1) is 4.09. The van der Waals surface area contributed by atoms with E-state index in [9.17, 15) is 0 Å². The second kappa shape index (κ2) is 3.80. The van der Waals surface area contributed by atoms with Crippen molar-refractivity contribution in [3.63, 3.8) is 0 Å². The maximum atomic E-state index is 5.47. The Morgan fingerprint density at radius 2 is 1.89 bits per heavy atom. The molecular weight excluding hydrogens is 157 g/mol. The molecule has 0 aliphatic heterocycles. The lowest BCUT2D eigenvalue weighted by Gasteiger charge is -2.12. The maximum absolute atomic E-state index is 5.47. The molecule has 0 aromatic rings. The molecule has 0 unspecified atom stereocenters. The van der Waals surface area contributed by atoms with Gasteiger partial charge < -0.3 is 4.90 Å². The SMILES string of the molecule is C=CC(=C(Cl)Cl)N(C)C. The summed E-state index contributed by atoms with van der Waals surface area (Å²) in [6.07, 6.45) is 1.61. The Hall–Kier alpha value is -0.140. The van der Waals surface area contributed by atoms with Crippen LogP contribution in [-0.2, 0) is 0 Å². The molecule has 0 rings (SSSR count). The highest BCUT2D eigenvalue weighted by atomic mass is 35.5. The smallest absolute Gasteiger partial charge is 0.130 e. The lowest BCUT2D eigenvalue weighted by Crippen LogP contribution is -2.09. The molecule has 0 heterocycles. The van der Waals surface area contributed by atoms with Gasteiger partial charge in [0.05, 0.1) is 5.70 Å². The highest BCUT2D eigenvalue weighted by Crippen LogP contribution is 2.15. The number of hydrogen-bond donors (Lipinski definition) is 0. The number of hydrogen-bond acceptors (Lipinski definition) is 1. The number of rotatable bonds is 2. The van der Waals surface area contributed by atoms with Crippen LogP contribution in [0.25, 0.3) is 0 Å². The molecule has 0 amide bonds. The van der Waals surface area contributed by atoms with Crippen molar-refractivity contribution in [3.8, 4) is 0 Å². The predicted molar refractivity (Wildman–Crippen MR) is 42.6 cm³/mol. The van der Waals surface area contributed by atoms with Crippen LogP contribution < -0.4 is 0 Å². The summed E-state index contributed by atoms with van der Waals surface area (Å²) in [6, 6.07) is 0. The highest BCUT2D eigenvalue weighted by Gasteiger charge is 1.97. The van der Waals surface area contributed by atoms with Gasteiger partial charge >= 0.3 is 0 Å². The molecular formula is C6H9Cl2N. The Balaban J connectivity index is 4.34. The van der Waals surface area contributed by atoms with Crippen LogP contribution in [0.2, 0.25) is 0 Å². The maximum Gasteiger partial charge on any atom is 0.130 e. The van der Waals surface area contributed by atoms with E-state index in [4.69, 9.17) is 23.2 Å². The largest absolute Gasteiger partial charge is 0.376 e. The van der Waals surface area contributed by atoms with Crippen LogP contribution in [-0.4, -0.2) is 19.0 Å². The van der Waals surface area contributed by atoms with Gasteiger partial charge in [-0.05, 0) is 6.08 Å². The third-order valence-corrected chi connectivity index (χ3v) is 1.26. The number of halogens is 2. The summed E-state index contributed by atoms with van der Waals surface area (Å²) in [4.78, 5) is 1.79. The summed E-state index contributed by atoms with van der Waals surface area (Å²) in [6.45, 7) is 3.54. The molecule has 0 aromatic carbocycles. The van der Waals surface area contributed by atoms with Gasteiger partial charge in [0, 0.05) is 14.1 Å². The second-order valence-corrected chi connectivity index (χ2v) is 2.69. The average Bonchev–Trinajstić information content (AvgIpc) is 1.64. The molecule has 0 radical (unpaired) electrons. The normalized spacial score (nSPS) is 8.44. The fourth-order valence-corrected chi connectivity index (χ4v) is 0.921. The predicted octanol–water partition coefficient (Wildman–Crippen LogP) is 2.38. The number of likely N-dealkylation sites (N-methyl/N-ethyl adjacent to an activating group) is 1. The minimum Gasteiger partial charge on any atom is -0.376 e. The first-order valence-electron chi connectivity index (χ1n) is 2.44. The molecule has 0 spiro atoms. The summed E-state index contributed by atoms with van der Waals surface area (Å²) in [7, 11) is 3.70. The second-order valence-electron chi connectivity index (χ2n) is 1.74. The van der Waals surface area contributed by atoms with Crippen LogP contribution in [0.4, 0.5) is 0 Å². The molecule has 0 fully saturated rings. The van der Waals surface area contributed by atoms with Crippen LogP contribution in [0.5, 0.6) is 0 Å². The Kier molecular flexibility index (Phi) is 3.75. The fraction of sp³-hybridized carbons (Fsp3) is 0.333. The molecule has 0 aliphatic rings. The van der Waals surface area contributed by atoms with E-state index < -0.39 is 0 Å². The average molecular weight is 166 g/mol. The van der Waals surface area contributed by atoms with E-state index in [1.807, 2.05) is 14.1 Å². The molecule has 0 N–H and O–H groups in total. The quantitative estimate of drug-likeness (QED) is 0.569. The summed E-state index contributed by atoms with van der Waals surface area (Å²) >= 11 is 10.9. The number of allylic oxidation sites excluding steroid dienone is 1. The minimum absolute atomic E-state index is 0.245. The van der Waals surface area contributed by atoms with E-state index in [1.165, 1.54) is 0 Å². The Bertz CT molecular complexity index is 134. The molecule has 0 aromatic heterocycles. The van der Waals surface area contributed by atoms with Crippen LogP contribution in [0, 0.1) is 0 Å². The molecule has 0 saturated carbocycles. The summed E-state index contributed by atoms with van der Waals surface area (Å²) < 4.78 is 0.245. The fourth-order valence-electron chi connectivity index (χ4n) is 0.429. The summed E-state index contributed by atoms with van der Waals surface area (Å²) in [5, 5.41) is 0. The zero-order chi connectivity index (χ0) is 7.44. The van der Waals surface area contributed by atoms with Crippen molar-refractivity contribution in [1.29, 1.82) is 0 Å². The molecule has 0 aliphatic carbocycles. The van der Waals surface area contributed by atoms with Crippen LogP contribution >= 0.6 is 23.2 Å². The monoisotopic (exact) mass is 165 g/mol. The van der Waals surface area contributed by atoms with Gasteiger partial charge in [0.1, 0.15) is 4.49 Å². The van der Waals surface area contributed by atoms with Crippen molar-refractivity contribution < 1.29 is 0 Å². The molecule has 0 saturated heterocycles. The summed E-state index contributed by atoms with van der Waals surface area (Å²) in [5.74, 6) is 0. The zero-order valence-corrected chi connectivity index (χ0v) is 7.00.